The van der Waals surface area contributed by atoms with Crippen LogP contribution >= 0.6 is 11.3 Å². The monoisotopic (exact) mass is 438 g/mol. The Morgan fingerprint density at radius 3 is 2.65 bits per heavy atom. The summed E-state index contributed by atoms with van der Waals surface area (Å²) in [4.78, 5) is 45.7. The van der Waals surface area contributed by atoms with Gasteiger partial charge in [-0.2, -0.15) is 4.68 Å². The number of para-hydroxylation sites is 1. The second-order valence-electron chi connectivity index (χ2n) is 8.51. The number of nitrogens with one attached hydrogen (secondary N) is 1. The van der Waals surface area contributed by atoms with Gasteiger partial charge < -0.3 is 0 Å². The molecule has 1 N–H and O–H groups in total. The highest BCUT2D eigenvalue weighted by molar-refractivity contribution is 7.20. The molecular formula is C23H26N4O3S. The lowest BCUT2D eigenvalue weighted by Crippen LogP contribution is -2.41. The van der Waals surface area contributed by atoms with E-state index in [4.69, 9.17) is 0 Å². The lowest BCUT2D eigenvalue weighted by Gasteiger charge is -2.29. The van der Waals surface area contributed by atoms with Gasteiger partial charge >= 0.3 is 0 Å². The topological polar surface area (TPSA) is 88.1 Å². The highest BCUT2D eigenvalue weighted by Crippen LogP contribution is 2.35. The number of carbonyl (C=O) groups excluding carboxylic acids is 2. The van der Waals surface area contributed by atoms with Crippen LogP contribution in [0.25, 0.3) is 15.3 Å². The SMILES string of the molecule is CCCc1[nH]n(-c2nc3ccccc3s2)c(=O)c1[C@H]1CC(=O)N(C2CCCCC2)C1=O. The van der Waals surface area contributed by atoms with E-state index >= 15 is 0 Å². The molecule has 0 bridgehead atoms. The van der Waals surface area contributed by atoms with E-state index < -0.39 is 5.92 Å². The van der Waals surface area contributed by atoms with Crippen LogP contribution in [0, 0.1) is 0 Å². The first kappa shape index (κ1) is 20.2. The Morgan fingerprint density at radius 2 is 1.90 bits per heavy atom. The van der Waals surface area contributed by atoms with E-state index in [1.54, 1.807) is 0 Å². The molecular weight excluding hydrogens is 412 g/mol. The normalized spacial score (nSPS) is 20.3. The van der Waals surface area contributed by atoms with Crippen LogP contribution in [-0.2, 0) is 16.0 Å². The van der Waals surface area contributed by atoms with Crippen molar-refractivity contribution in [1.82, 2.24) is 19.7 Å². The van der Waals surface area contributed by atoms with Gasteiger partial charge in [0, 0.05) is 18.2 Å². The predicted octanol–water partition coefficient (Wildman–Crippen LogP) is 3.90. The number of likely N-dealkylation sites (tertiary alicyclic amines) is 1. The number of thiazole rings is 1. The van der Waals surface area contributed by atoms with E-state index in [-0.39, 0.29) is 29.8 Å². The third kappa shape index (κ3) is 3.43. The standard InChI is InChI=1S/C23H26N4O3S/c1-2-8-17-20(15-13-19(28)26(21(15)29)14-9-4-3-5-10-14)22(30)27(25-17)23-24-16-11-6-7-12-18(16)31-23/h6-7,11-12,14-15,25H,2-5,8-10,13H2,1H3/t15-/m1/s1. The molecule has 2 aliphatic rings. The molecule has 3 heterocycles. The molecule has 1 saturated heterocycles. The van der Waals surface area contributed by atoms with E-state index in [0.717, 1.165) is 54.4 Å². The quantitative estimate of drug-likeness (QED) is 0.612. The van der Waals surface area contributed by atoms with Crippen LogP contribution in [0.3, 0.4) is 0 Å². The zero-order valence-electron chi connectivity index (χ0n) is 17.6. The fraction of sp³-hybridized carbons (Fsp3) is 0.478. The summed E-state index contributed by atoms with van der Waals surface area (Å²) in [5.74, 6) is -1.05. The van der Waals surface area contributed by atoms with E-state index in [2.05, 4.69) is 10.1 Å². The van der Waals surface area contributed by atoms with Crippen LogP contribution < -0.4 is 5.56 Å². The number of aromatic nitrogens is 3. The number of aromatic amines is 1. The summed E-state index contributed by atoms with van der Waals surface area (Å²) in [5, 5.41) is 3.76. The van der Waals surface area contributed by atoms with Crippen LogP contribution in [0.5, 0.6) is 0 Å². The van der Waals surface area contributed by atoms with Crippen LogP contribution in [0.15, 0.2) is 29.1 Å². The average molecular weight is 439 g/mol. The number of imide groups is 1. The minimum absolute atomic E-state index is 0.0150. The highest BCUT2D eigenvalue weighted by atomic mass is 32.1. The zero-order valence-corrected chi connectivity index (χ0v) is 18.4. The van der Waals surface area contributed by atoms with Gasteiger partial charge in [-0.25, -0.2) is 4.98 Å². The van der Waals surface area contributed by atoms with Gasteiger partial charge in [0.1, 0.15) is 0 Å². The van der Waals surface area contributed by atoms with Gasteiger partial charge in [-0.1, -0.05) is 56.1 Å². The molecule has 31 heavy (non-hydrogen) atoms. The van der Waals surface area contributed by atoms with Crippen molar-refractivity contribution in [1.29, 1.82) is 0 Å². The van der Waals surface area contributed by atoms with E-state index in [1.165, 1.54) is 20.9 Å². The molecule has 1 aliphatic carbocycles. The minimum Gasteiger partial charge on any atom is -0.293 e. The van der Waals surface area contributed by atoms with Gasteiger partial charge in [-0.05, 0) is 31.4 Å². The number of H-pyrrole nitrogens is 1. The first-order valence-corrected chi connectivity index (χ1v) is 12.0. The Hall–Kier alpha value is -2.74. The molecule has 0 spiro atoms. The Kier molecular flexibility index (Phi) is 5.25. The van der Waals surface area contributed by atoms with Gasteiger partial charge in [0.05, 0.1) is 21.7 Å². The molecule has 7 nitrogen and oxygen atoms in total. The van der Waals surface area contributed by atoms with Gasteiger partial charge in [-0.3, -0.25) is 24.4 Å². The zero-order chi connectivity index (χ0) is 21.5. The third-order valence-corrected chi connectivity index (χ3v) is 7.47. The maximum atomic E-state index is 13.5. The average Bonchev–Trinajstić information content (AvgIpc) is 3.42. The first-order chi connectivity index (χ1) is 15.1. The number of aryl methyl sites for hydroxylation is 1. The fourth-order valence-electron chi connectivity index (χ4n) is 4.99. The van der Waals surface area contributed by atoms with Crippen LogP contribution in [-0.4, -0.2) is 37.5 Å². The molecule has 1 aliphatic heterocycles. The molecule has 1 atom stereocenters. The summed E-state index contributed by atoms with van der Waals surface area (Å²) in [7, 11) is 0. The number of amides is 2. The van der Waals surface area contributed by atoms with Crippen LogP contribution in [0.4, 0.5) is 0 Å². The van der Waals surface area contributed by atoms with Crippen molar-refractivity contribution in [2.75, 3.05) is 0 Å². The number of benzene rings is 1. The second-order valence-corrected chi connectivity index (χ2v) is 9.52. The van der Waals surface area contributed by atoms with Crippen molar-refractivity contribution < 1.29 is 9.59 Å². The van der Waals surface area contributed by atoms with E-state index in [9.17, 15) is 14.4 Å². The van der Waals surface area contributed by atoms with Crippen molar-refractivity contribution in [3.05, 3.63) is 45.9 Å². The predicted molar refractivity (Wildman–Crippen MR) is 120 cm³/mol. The summed E-state index contributed by atoms with van der Waals surface area (Å²) >= 11 is 1.43. The molecule has 2 aromatic heterocycles. The summed E-state index contributed by atoms with van der Waals surface area (Å²) in [6.45, 7) is 2.03. The summed E-state index contributed by atoms with van der Waals surface area (Å²) in [6, 6.07) is 7.73. The van der Waals surface area contributed by atoms with Gasteiger partial charge in [0.15, 0.2) is 0 Å². The van der Waals surface area contributed by atoms with Crippen molar-refractivity contribution in [2.45, 2.75) is 70.3 Å². The number of fused-ring (bicyclic) bond motifs is 1. The molecule has 0 unspecified atom stereocenters. The Balaban J connectivity index is 1.55. The van der Waals surface area contributed by atoms with Gasteiger partial charge in [0.25, 0.3) is 5.56 Å². The Morgan fingerprint density at radius 1 is 1.13 bits per heavy atom. The number of hydrogen-bond donors (Lipinski definition) is 1. The molecule has 2 amide bonds. The maximum Gasteiger partial charge on any atom is 0.277 e. The molecule has 0 radical (unpaired) electrons. The van der Waals surface area contributed by atoms with Crippen LogP contribution in [0.2, 0.25) is 0 Å². The van der Waals surface area contributed by atoms with Crippen LogP contribution in [0.1, 0.15) is 69.0 Å². The van der Waals surface area contributed by atoms with E-state index in [1.807, 2.05) is 31.2 Å². The van der Waals surface area contributed by atoms with Crippen molar-refractivity contribution >= 4 is 33.4 Å². The number of hydrogen-bond acceptors (Lipinski definition) is 5. The number of nitrogens with zero attached hydrogens (tertiary/aromatic N) is 3. The van der Waals surface area contributed by atoms with Gasteiger partial charge in [-0.15, -0.1) is 0 Å². The lowest BCUT2D eigenvalue weighted by atomic mass is 9.93. The molecule has 1 aromatic carbocycles. The van der Waals surface area contributed by atoms with Crippen molar-refractivity contribution in [3.63, 3.8) is 0 Å². The summed E-state index contributed by atoms with van der Waals surface area (Å²) in [5.41, 5.74) is 1.75. The smallest absolute Gasteiger partial charge is 0.277 e. The molecule has 3 aromatic rings. The largest absolute Gasteiger partial charge is 0.293 e. The maximum absolute atomic E-state index is 13.5. The molecule has 1 saturated carbocycles. The Bertz CT molecular complexity index is 1170. The molecule has 8 heteroatoms. The molecule has 162 valence electrons. The summed E-state index contributed by atoms with van der Waals surface area (Å²) in [6.07, 6.45) is 6.53. The molecule has 2 fully saturated rings. The fourth-order valence-corrected chi connectivity index (χ4v) is 5.91. The lowest BCUT2D eigenvalue weighted by molar-refractivity contribution is -0.142. The third-order valence-electron chi connectivity index (χ3n) is 6.45. The number of rotatable bonds is 5. The first-order valence-electron chi connectivity index (χ1n) is 11.1. The van der Waals surface area contributed by atoms with Crippen molar-refractivity contribution in [2.24, 2.45) is 0 Å². The minimum atomic E-state index is -0.699. The summed E-state index contributed by atoms with van der Waals surface area (Å²) < 4.78 is 2.44. The van der Waals surface area contributed by atoms with Gasteiger partial charge in [0.2, 0.25) is 16.9 Å². The second kappa shape index (κ2) is 8.07. The Labute approximate surface area is 184 Å². The number of carbonyl (C=O) groups is 2. The molecule has 5 rings (SSSR count). The van der Waals surface area contributed by atoms with Crippen molar-refractivity contribution in [3.8, 4) is 5.13 Å². The highest BCUT2D eigenvalue weighted by Gasteiger charge is 2.45. The van der Waals surface area contributed by atoms with E-state index in [0.29, 0.717) is 17.1 Å².